The number of aromatic nitrogens is 2. The number of pyridine rings is 1. The third kappa shape index (κ3) is 3.45. The monoisotopic (exact) mass is 302 g/mol. The van der Waals surface area contributed by atoms with E-state index in [1.54, 1.807) is 0 Å². The van der Waals surface area contributed by atoms with Crippen LogP contribution in [0.5, 0.6) is 0 Å². The van der Waals surface area contributed by atoms with Crippen molar-refractivity contribution in [1.29, 1.82) is 0 Å². The van der Waals surface area contributed by atoms with Crippen LogP contribution in [0.15, 0.2) is 28.8 Å². The van der Waals surface area contributed by atoms with E-state index in [1.165, 1.54) is 0 Å². The first-order valence-electron chi connectivity index (χ1n) is 7.52. The molecule has 0 N–H and O–H groups in total. The summed E-state index contributed by atoms with van der Waals surface area (Å²) in [7, 11) is 3.99. The minimum Gasteiger partial charge on any atom is -0.369 e. The molecule has 1 fully saturated rings. The molecule has 0 radical (unpaired) electrons. The highest BCUT2D eigenvalue weighted by atomic mass is 16.5. The molecule has 1 aliphatic heterocycles. The van der Waals surface area contributed by atoms with Gasteiger partial charge >= 0.3 is 0 Å². The molecule has 0 bridgehead atoms. The summed E-state index contributed by atoms with van der Waals surface area (Å²) in [5.41, 5.74) is 1.94. The zero-order valence-electron chi connectivity index (χ0n) is 13.3. The molecule has 0 aromatic carbocycles. The molecule has 0 aliphatic carbocycles. The number of rotatable bonds is 4. The number of ether oxygens (including phenoxy) is 1. The molecule has 6 nitrogen and oxygen atoms in total. The lowest BCUT2D eigenvalue weighted by molar-refractivity contribution is -0.0355. The van der Waals surface area contributed by atoms with E-state index >= 15 is 0 Å². The van der Waals surface area contributed by atoms with Gasteiger partial charge in [-0.1, -0.05) is 11.2 Å². The zero-order chi connectivity index (χ0) is 15.5. The molecule has 0 amide bonds. The zero-order valence-corrected chi connectivity index (χ0v) is 13.3. The van der Waals surface area contributed by atoms with Gasteiger partial charge in [-0.05, 0) is 19.1 Å². The summed E-state index contributed by atoms with van der Waals surface area (Å²) < 4.78 is 11.0. The van der Waals surface area contributed by atoms with Crippen LogP contribution in [0.1, 0.15) is 23.3 Å². The van der Waals surface area contributed by atoms with Crippen LogP contribution < -0.4 is 4.90 Å². The summed E-state index contributed by atoms with van der Waals surface area (Å²) in [6.45, 7) is 5.11. The lowest BCUT2D eigenvalue weighted by Gasteiger charge is -2.32. The fraction of sp³-hybridized carbons (Fsp3) is 0.500. The van der Waals surface area contributed by atoms with E-state index in [2.05, 4.69) is 15.0 Å². The van der Waals surface area contributed by atoms with Gasteiger partial charge in [0, 0.05) is 39.8 Å². The Balaban J connectivity index is 1.68. The standard InChI is InChI=1S/C16H22N4O2/c1-12-9-13(18-22-12)10-20-7-8-21-15(11-20)14-5-4-6-16(17-14)19(2)3/h4-6,9,15H,7-8,10-11H2,1-3H3/t15-/m1/s1. The minimum absolute atomic E-state index is 0.00153. The van der Waals surface area contributed by atoms with E-state index in [0.29, 0.717) is 6.61 Å². The summed E-state index contributed by atoms with van der Waals surface area (Å²) in [6, 6.07) is 8.04. The molecule has 22 heavy (non-hydrogen) atoms. The van der Waals surface area contributed by atoms with Crippen LogP contribution in [0.4, 0.5) is 5.82 Å². The normalized spacial score (nSPS) is 19.3. The molecule has 1 saturated heterocycles. The van der Waals surface area contributed by atoms with Gasteiger partial charge in [-0.25, -0.2) is 4.98 Å². The summed E-state index contributed by atoms with van der Waals surface area (Å²) in [6.07, 6.45) is 0.00153. The molecule has 118 valence electrons. The van der Waals surface area contributed by atoms with Crippen molar-refractivity contribution < 1.29 is 9.26 Å². The van der Waals surface area contributed by atoms with Gasteiger partial charge in [0.2, 0.25) is 0 Å². The minimum atomic E-state index is 0.00153. The fourth-order valence-electron chi connectivity index (χ4n) is 2.61. The summed E-state index contributed by atoms with van der Waals surface area (Å²) in [5.74, 6) is 1.80. The Morgan fingerprint density at radius 3 is 2.95 bits per heavy atom. The topological polar surface area (TPSA) is 54.6 Å². The predicted octanol–water partition coefficient (Wildman–Crippen LogP) is 2.02. The van der Waals surface area contributed by atoms with Gasteiger partial charge < -0.3 is 14.2 Å². The predicted molar refractivity (Wildman–Crippen MR) is 83.8 cm³/mol. The Labute approximate surface area is 130 Å². The van der Waals surface area contributed by atoms with Gasteiger partial charge in [0.15, 0.2) is 0 Å². The SMILES string of the molecule is Cc1cc(CN2CCO[C@@H](c3cccc(N(C)C)n3)C2)no1. The Morgan fingerprint density at radius 1 is 1.36 bits per heavy atom. The Morgan fingerprint density at radius 2 is 2.23 bits per heavy atom. The molecule has 3 rings (SSSR count). The molecule has 6 heteroatoms. The number of hydrogen-bond donors (Lipinski definition) is 0. The quantitative estimate of drug-likeness (QED) is 0.861. The second-order valence-corrected chi connectivity index (χ2v) is 5.84. The third-order valence-corrected chi connectivity index (χ3v) is 3.76. The van der Waals surface area contributed by atoms with E-state index in [1.807, 2.05) is 50.2 Å². The fourth-order valence-corrected chi connectivity index (χ4v) is 2.61. The van der Waals surface area contributed by atoms with Gasteiger partial charge in [-0.3, -0.25) is 4.90 Å². The van der Waals surface area contributed by atoms with Crippen molar-refractivity contribution in [3.8, 4) is 0 Å². The van der Waals surface area contributed by atoms with E-state index in [4.69, 9.17) is 9.26 Å². The number of hydrogen-bond acceptors (Lipinski definition) is 6. The van der Waals surface area contributed by atoms with Crippen LogP contribution in [0, 0.1) is 6.92 Å². The first kappa shape index (κ1) is 15.0. The van der Waals surface area contributed by atoms with Crippen LogP contribution in [-0.4, -0.2) is 48.8 Å². The summed E-state index contributed by atoms with van der Waals surface area (Å²) in [5, 5.41) is 4.07. The van der Waals surface area contributed by atoms with E-state index in [-0.39, 0.29) is 6.10 Å². The lowest BCUT2D eigenvalue weighted by Crippen LogP contribution is -2.38. The maximum Gasteiger partial charge on any atom is 0.133 e. The first-order valence-corrected chi connectivity index (χ1v) is 7.52. The number of aryl methyl sites for hydroxylation is 1. The highest BCUT2D eigenvalue weighted by Gasteiger charge is 2.24. The Hall–Kier alpha value is -1.92. The Kier molecular flexibility index (Phi) is 4.40. The van der Waals surface area contributed by atoms with Crippen LogP contribution >= 0.6 is 0 Å². The molecule has 3 heterocycles. The van der Waals surface area contributed by atoms with Gasteiger partial charge in [-0.15, -0.1) is 0 Å². The average molecular weight is 302 g/mol. The molecule has 0 spiro atoms. The van der Waals surface area contributed by atoms with Gasteiger partial charge in [-0.2, -0.15) is 0 Å². The summed E-state index contributed by atoms with van der Waals surface area (Å²) >= 11 is 0. The van der Waals surface area contributed by atoms with Crippen molar-refractivity contribution >= 4 is 5.82 Å². The second-order valence-electron chi connectivity index (χ2n) is 5.84. The van der Waals surface area contributed by atoms with Crippen molar-refractivity contribution in [2.24, 2.45) is 0 Å². The van der Waals surface area contributed by atoms with Gasteiger partial charge in [0.05, 0.1) is 18.0 Å². The third-order valence-electron chi connectivity index (χ3n) is 3.76. The maximum absolute atomic E-state index is 5.91. The van der Waals surface area contributed by atoms with E-state index < -0.39 is 0 Å². The van der Waals surface area contributed by atoms with Crippen molar-refractivity contribution in [1.82, 2.24) is 15.0 Å². The molecule has 2 aromatic rings. The van der Waals surface area contributed by atoms with E-state index in [0.717, 1.165) is 42.6 Å². The molecule has 0 saturated carbocycles. The van der Waals surface area contributed by atoms with Crippen LogP contribution in [-0.2, 0) is 11.3 Å². The largest absolute Gasteiger partial charge is 0.369 e. The molecular weight excluding hydrogens is 280 g/mol. The first-order chi connectivity index (χ1) is 10.6. The second kappa shape index (κ2) is 6.46. The lowest BCUT2D eigenvalue weighted by atomic mass is 10.1. The van der Waals surface area contributed by atoms with Crippen LogP contribution in [0.3, 0.4) is 0 Å². The molecule has 2 aromatic heterocycles. The highest BCUT2D eigenvalue weighted by Crippen LogP contribution is 2.23. The molecule has 1 atom stereocenters. The van der Waals surface area contributed by atoms with Crippen LogP contribution in [0.25, 0.3) is 0 Å². The molecular formula is C16H22N4O2. The van der Waals surface area contributed by atoms with Gasteiger partial charge in [0.25, 0.3) is 0 Å². The van der Waals surface area contributed by atoms with Crippen molar-refractivity contribution in [2.75, 3.05) is 38.7 Å². The number of anilines is 1. The van der Waals surface area contributed by atoms with Gasteiger partial charge in [0.1, 0.15) is 17.7 Å². The Bertz CT molecular complexity index is 626. The van der Waals surface area contributed by atoms with Crippen molar-refractivity contribution in [3.05, 3.63) is 41.4 Å². The summed E-state index contributed by atoms with van der Waals surface area (Å²) in [4.78, 5) is 9.01. The smallest absolute Gasteiger partial charge is 0.133 e. The number of morpholine rings is 1. The average Bonchev–Trinajstić information content (AvgIpc) is 2.93. The molecule has 0 unspecified atom stereocenters. The maximum atomic E-state index is 5.91. The number of nitrogens with zero attached hydrogens (tertiary/aromatic N) is 4. The van der Waals surface area contributed by atoms with Crippen LogP contribution in [0.2, 0.25) is 0 Å². The van der Waals surface area contributed by atoms with Crippen molar-refractivity contribution in [3.63, 3.8) is 0 Å². The highest BCUT2D eigenvalue weighted by molar-refractivity contribution is 5.37. The van der Waals surface area contributed by atoms with Crippen molar-refractivity contribution in [2.45, 2.75) is 19.6 Å². The van der Waals surface area contributed by atoms with E-state index in [9.17, 15) is 0 Å². The molecule has 1 aliphatic rings.